The fourth-order valence-electron chi connectivity index (χ4n) is 2.81. The molecule has 0 unspecified atom stereocenters. The minimum atomic E-state index is -0.257. The van der Waals surface area contributed by atoms with E-state index in [2.05, 4.69) is 10.4 Å². The van der Waals surface area contributed by atoms with Gasteiger partial charge in [-0.25, -0.2) is 0 Å². The molecule has 8 heteroatoms. The molecule has 3 aromatic rings. The van der Waals surface area contributed by atoms with Crippen molar-refractivity contribution in [2.24, 2.45) is 0 Å². The molecule has 1 N–H and O–H groups in total. The predicted octanol–water partition coefficient (Wildman–Crippen LogP) is 4.15. The Labute approximate surface area is 174 Å². The highest BCUT2D eigenvalue weighted by atomic mass is 35.5. The lowest BCUT2D eigenvalue weighted by Gasteiger charge is -2.06. The summed E-state index contributed by atoms with van der Waals surface area (Å²) in [4.78, 5) is 12.2. The lowest BCUT2D eigenvalue weighted by molar-refractivity contribution is 0.0920. The summed E-state index contributed by atoms with van der Waals surface area (Å²) in [6, 6.07) is 10.6. The minimum absolute atomic E-state index is 0.234. The topological polar surface area (TPSA) is 78.5 Å². The van der Waals surface area contributed by atoms with E-state index in [-0.39, 0.29) is 18.3 Å². The first-order valence-corrected chi connectivity index (χ1v) is 9.69. The maximum absolute atomic E-state index is 12.2. The second-order valence-electron chi connectivity index (χ2n) is 6.55. The van der Waals surface area contributed by atoms with E-state index < -0.39 is 0 Å². The van der Waals surface area contributed by atoms with Gasteiger partial charge in [-0.05, 0) is 56.7 Å². The van der Waals surface area contributed by atoms with Crippen LogP contribution in [0.5, 0.6) is 11.5 Å². The largest absolute Gasteiger partial charge is 0.497 e. The van der Waals surface area contributed by atoms with Crippen LogP contribution in [0, 0.1) is 13.8 Å². The minimum Gasteiger partial charge on any atom is -0.497 e. The molecular weight excluding hydrogens is 394 g/mol. The van der Waals surface area contributed by atoms with Gasteiger partial charge in [0.25, 0.3) is 5.91 Å². The number of nitrogens with zero attached hydrogens (tertiary/aromatic N) is 2. The average Bonchev–Trinajstić information content (AvgIpc) is 3.31. The Morgan fingerprint density at radius 1 is 1.17 bits per heavy atom. The van der Waals surface area contributed by atoms with Crippen molar-refractivity contribution in [3.63, 3.8) is 0 Å². The summed E-state index contributed by atoms with van der Waals surface area (Å²) < 4.78 is 18.2. The number of rotatable bonds is 9. The van der Waals surface area contributed by atoms with Gasteiger partial charge in [0.2, 0.25) is 0 Å². The van der Waals surface area contributed by atoms with E-state index in [0.717, 1.165) is 23.6 Å². The molecule has 0 aliphatic rings. The smallest absolute Gasteiger partial charge is 0.286 e. The first kappa shape index (κ1) is 20.8. The molecule has 154 valence electrons. The number of ether oxygens (including phenoxy) is 2. The maximum atomic E-state index is 12.2. The Balaban J connectivity index is 1.43. The SMILES string of the molecule is COc1ccc(OCc2ccc(C(=O)NCCCn3nc(C)c(Cl)c3C)o2)cc1. The summed E-state index contributed by atoms with van der Waals surface area (Å²) in [6.45, 7) is 5.23. The van der Waals surface area contributed by atoms with Crippen molar-refractivity contribution in [2.75, 3.05) is 13.7 Å². The van der Waals surface area contributed by atoms with E-state index in [0.29, 0.717) is 29.6 Å². The van der Waals surface area contributed by atoms with Gasteiger partial charge < -0.3 is 19.2 Å². The lowest BCUT2D eigenvalue weighted by atomic mass is 10.3. The van der Waals surface area contributed by atoms with Crippen LogP contribution in [0.25, 0.3) is 0 Å². The molecule has 0 saturated carbocycles. The monoisotopic (exact) mass is 417 g/mol. The first-order valence-electron chi connectivity index (χ1n) is 9.31. The molecule has 0 saturated heterocycles. The summed E-state index contributed by atoms with van der Waals surface area (Å²) in [5.41, 5.74) is 1.75. The summed E-state index contributed by atoms with van der Waals surface area (Å²) in [7, 11) is 1.61. The van der Waals surface area contributed by atoms with Crippen LogP contribution in [-0.4, -0.2) is 29.3 Å². The molecule has 0 bridgehead atoms. The van der Waals surface area contributed by atoms with Crippen LogP contribution >= 0.6 is 11.6 Å². The van der Waals surface area contributed by atoms with Gasteiger partial charge in [0.1, 0.15) is 23.9 Å². The molecule has 1 amide bonds. The van der Waals surface area contributed by atoms with Gasteiger partial charge in [-0.3, -0.25) is 9.48 Å². The number of hydrogen-bond acceptors (Lipinski definition) is 5. The Bertz CT molecular complexity index is 963. The molecule has 3 rings (SSSR count). The number of aromatic nitrogens is 2. The predicted molar refractivity (Wildman–Crippen MR) is 110 cm³/mol. The zero-order valence-corrected chi connectivity index (χ0v) is 17.5. The molecule has 2 heterocycles. The molecule has 0 fully saturated rings. The van der Waals surface area contributed by atoms with Crippen molar-refractivity contribution in [3.05, 3.63) is 64.3 Å². The third kappa shape index (κ3) is 5.32. The van der Waals surface area contributed by atoms with Crippen molar-refractivity contribution < 1.29 is 18.7 Å². The number of halogens is 1. The van der Waals surface area contributed by atoms with E-state index >= 15 is 0 Å². The average molecular weight is 418 g/mol. The van der Waals surface area contributed by atoms with Gasteiger partial charge in [-0.2, -0.15) is 5.10 Å². The van der Waals surface area contributed by atoms with Gasteiger partial charge >= 0.3 is 0 Å². The highest BCUT2D eigenvalue weighted by molar-refractivity contribution is 6.31. The number of aryl methyl sites for hydroxylation is 2. The Hall–Kier alpha value is -2.93. The Morgan fingerprint density at radius 2 is 1.90 bits per heavy atom. The molecule has 29 heavy (non-hydrogen) atoms. The zero-order chi connectivity index (χ0) is 20.8. The molecule has 0 aliphatic carbocycles. The van der Waals surface area contributed by atoms with Crippen LogP contribution in [0.2, 0.25) is 5.02 Å². The van der Waals surface area contributed by atoms with E-state index in [1.165, 1.54) is 0 Å². The number of methoxy groups -OCH3 is 1. The van der Waals surface area contributed by atoms with Crippen LogP contribution in [0.15, 0.2) is 40.8 Å². The van der Waals surface area contributed by atoms with Crippen LogP contribution in [0.3, 0.4) is 0 Å². The summed E-state index contributed by atoms with van der Waals surface area (Å²) in [5.74, 6) is 2.02. The van der Waals surface area contributed by atoms with Gasteiger partial charge in [-0.1, -0.05) is 11.6 Å². The standard InChI is InChI=1S/C21H24ClN3O4/c1-14-20(22)15(2)25(24-14)12-4-11-23-21(26)19-10-9-18(29-19)13-28-17-7-5-16(27-3)6-8-17/h5-10H,4,11-13H2,1-3H3,(H,23,26). The second-order valence-corrected chi connectivity index (χ2v) is 6.93. The molecule has 1 aromatic carbocycles. The summed E-state index contributed by atoms with van der Waals surface area (Å²) in [6.07, 6.45) is 0.734. The zero-order valence-electron chi connectivity index (χ0n) is 16.7. The van der Waals surface area contributed by atoms with Crippen LogP contribution < -0.4 is 14.8 Å². The number of nitrogens with one attached hydrogen (secondary N) is 1. The van der Waals surface area contributed by atoms with E-state index in [4.69, 9.17) is 25.5 Å². The highest BCUT2D eigenvalue weighted by Gasteiger charge is 2.12. The molecule has 0 aliphatic heterocycles. The molecule has 7 nitrogen and oxygen atoms in total. The van der Waals surface area contributed by atoms with E-state index in [9.17, 15) is 4.79 Å². The van der Waals surface area contributed by atoms with Crippen LogP contribution in [0.1, 0.15) is 34.1 Å². The van der Waals surface area contributed by atoms with Crippen LogP contribution in [0.4, 0.5) is 0 Å². The number of amides is 1. The number of hydrogen-bond donors (Lipinski definition) is 1. The van der Waals surface area contributed by atoms with Gasteiger partial charge in [0.15, 0.2) is 5.76 Å². The molecular formula is C21H24ClN3O4. The van der Waals surface area contributed by atoms with Gasteiger partial charge in [-0.15, -0.1) is 0 Å². The fraction of sp³-hybridized carbons (Fsp3) is 0.333. The second kappa shape index (κ2) is 9.52. The normalized spacial score (nSPS) is 10.8. The molecule has 0 radical (unpaired) electrons. The number of benzene rings is 1. The van der Waals surface area contributed by atoms with Crippen LogP contribution in [-0.2, 0) is 13.2 Å². The Morgan fingerprint density at radius 3 is 2.55 bits per heavy atom. The maximum Gasteiger partial charge on any atom is 0.286 e. The summed E-state index contributed by atoms with van der Waals surface area (Å²) >= 11 is 6.14. The van der Waals surface area contributed by atoms with E-state index in [1.807, 2.05) is 42.8 Å². The molecule has 2 aromatic heterocycles. The fourth-order valence-corrected chi connectivity index (χ4v) is 2.95. The van der Waals surface area contributed by atoms with Gasteiger partial charge in [0.05, 0.1) is 23.5 Å². The quantitative estimate of drug-likeness (QED) is 0.529. The highest BCUT2D eigenvalue weighted by Crippen LogP contribution is 2.20. The number of carbonyl (C=O) groups excluding carboxylic acids is 1. The third-order valence-electron chi connectivity index (χ3n) is 4.45. The van der Waals surface area contributed by atoms with Crippen molar-refractivity contribution >= 4 is 17.5 Å². The molecule has 0 spiro atoms. The number of carbonyl (C=O) groups is 1. The number of furan rings is 1. The van der Waals surface area contributed by atoms with E-state index in [1.54, 1.807) is 19.2 Å². The van der Waals surface area contributed by atoms with Crippen molar-refractivity contribution in [2.45, 2.75) is 33.4 Å². The third-order valence-corrected chi connectivity index (χ3v) is 5.00. The van der Waals surface area contributed by atoms with Crippen molar-refractivity contribution in [3.8, 4) is 11.5 Å². The van der Waals surface area contributed by atoms with Crippen molar-refractivity contribution in [1.29, 1.82) is 0 Å². The Kier molecular flexibility index (Phi) is 6.82. The first-order chi connectivity index (χ1) is 14.0. The molecule has 0 atom stereocenters. The summed E-state index contributed by atoms with van der Waals surface area (Å²) in [5, 5.41) is 7.91. The van der Waals surface area contributed by atoms with Gasteiger partial charge in [0, 0.05) is 13.1 Å². The van der Waals surface area contributed by atoms with Crippen molar-refractivity contribution in [1.82, 2.24) is 15.1 Å². The lowest BCUT2D eigenvalue weighted by Crippen LogP contribution is -2.25.